The minimum atomic E-state index is 0.0973. The number of pyridine rings is 1. The molecule has 0 N–H and O–H groups in total. The van der Waals surface area contributed by atoms with Gasteiger partial charge in [0.25, 0.3) is 0 Å². The lowest BCUT2D eigenvalue weighted by molar-refractivity contribution is 0.0994. The summed E-state index contributed by atoms with van der Waals surface area (Å²) >= 11 is 0. The molecule has 3 heteroatoms. The van der Waals surface area contributed by atoms with Crippen LogP contribution in [0.4, 0.5) is 0 Å². The van der Waals surface area contributed by atoms with Gasteiger partial charge in [-0.2, -0.15) is 0 Å². The van der Waals surface area contributed by atoms with E-state index < -0.39 is 0 Å². The van der Waals surface area contributed by atoms with E-state index in [1.807, 2.05) is 48.5 Å². The van der Waals surface area contributed by atoms with Gasteiger partial charge in [-0.05, 0) is 29.1 Å². The Kier molecular flexibility index (Phi) is 3.65. The number of nitrogens with zero attached hydrogens (tertiary/aromatic N) is 1. The standard InChI is InChI=1S/C18H15NO2/c1-21-15-6-2-4-13(10-15)11-18(20)17-7-3-5-14-12-19-9-8-16(14)17/h2-10,12H,11H2,1H3. The summed E-state index contributed by atoms with van der Waals surface area (Å²) in [4.78, 5) is 16.7. The van der Waals surface area contributed by atoms with Crippen LogP contribution in [-0.4, -0.2) is 17.9 Å². The average Bonchev–Trinajstić information content (AvgIpc) is 2.54. The van der Waals surface area contributed by atoms with Crippen molar-refractivity contribution in [2.24, 2.45) is 0 Å². The number of ether oxygens (including phenoxy) is 1. The first-order chi connectivity index (χ1) is 10.3. The number of rotatable bonds is 4. The van der Waals surface area contributed by atoms with Crippen molar-refractivity contribution in [3.05, 3.63) is 72.1 Å². The number of fused-ring (bicyclic) bond motifs is 1. The van der Waals surface area contributed by atoms with Gasteiger partial charge in [0.05, 0.1) is 7.11 Å². The van der Waals surface area contributed by atoms with E-state index >= 15 is 0 Å². The third-order valence-electron chi connectivity index (χ3n) is 3.48. The zero-order chi connectivity index (χ0) is 14.7. The molecule has 0 saturated heterocycles. The molecule has 0 aliphatic carbocycles. The van der Waals surface area contributed by atoms with Crippen LogP contribution in [0.3, 0.4) is 0 Å². The summed E-state index contributed by atoms with van der Waals surface area (Å²) in [5.41, 5.74) is 1.68. The van der Waals surface area contributed by atoms with Crippen molar-refractivity contribution in [1.29, 1.82) is 0 Å². The summed E-state index contributed by atoms with van der Waals surface area (Å²) in [6.45, 7) is 0. The molecule has 0 spiro atoms. The monoisotopic (exact) mass is 277 g/mol. The Balaban J connectivity index is 1.93. The largest absolute Gasteiger partial charge is 0.497 e. The Morgan fingerprint density at radius 3 is 2.86 bits per heavy atom. The van der Waals surface area contributed by atoms with E-state index in [0.717, 1.165) is 27.6 Å². The predicted molar refractivity (Wildman–Crippen MR) is 82.8 cm³/mol. The number of ketones is 1. The van der Waals surface area contributed by atoms with Gasteiger partial charge in [-0.1, -0.05) is 30.3 Å². The first kappa shape index (κ1) is 13.3. The van der Waals surface area contributed by atoms with Crippen LogP contribution in [0.1, 0.15) is 15.9 Å². The molecule has 21 heavy (non-hydrogen) atoms. The molecule has 0 amide bonds. The van der Waals surface area contributed by atoms with Gasteiger partial charge in [0.15, 0.2) is 5.78 Å². The molecule has 3 rings (SSSR count). The Bertz CT molecular complexity index is 791. The van der Waals surface area contributed by atoms with Crippen LogP contribution in [0.2, 0.25) is 0 Å². The smallest absolute Gasteiger partial charge is 0.167 e. The molecule has 0 radical (unpaired) electrons. The highest BCUT2D eigenvalue weighted by Gasteiger charge is 2.11. The summed E-state index contributed by atoms with van der Waals surface area (Å²) in [6, 6.07) is 15.2. The average molecular weight is 277 g/mol. The van der Waals surface area contributed by atoms with Crippen LogP contribution in [0.25, 0.3) is 10.8 Å². The van der Waals surface area contributed by atoms with Gasteiger partial charge in [0.2, 0.25) is 0 Å². The van der Waals surface area contributed by atoms with E-state index in [-0.39, 0.29) is 5.78 Å². The molecule has 0 unspecified atom stereocenters. The molecule has 0 fully saturated rings. The van der Waals surface area contributed by atoms with Crippen LogP contribution in [-0.2, 0) is 6.42 Å². The van der Waals surface area contributed by atoms with E-state index in [4.69, 9.17) is 4.74 Å². The van der Waals surface area contributed by atoms with E-state index in [0.29, 0.717) is 6.42 Å². The molecule has 0 saturated carbocycles. The van der Waals surface area contributed by atoms with Crippen molar-refractivity contribution in [3.63, 3.8) is 0 Å². The van der Waals surface area contributed by atoms with E-state index in [9.17, 15) is 4.79 Å². The van der Waals surface area contributed by atoms with Crippen LogP contribution in [0, 0.1) is 0 Å². The highest BCUT2D eigenvalue weighted by Crippen LogP contribution is 2.20. The van der Waals surface area contributed by atoms with E-state index in [2.05, 4.69) is 4.98 Å². The molecule has 104 valence electrons. The summed E-state index contributed by atoms with van der Waals surface area (Å²) in [5, 5.41) is 1.93. The Hall–Kier alpha value is -2.68. The van der Waals surface area contributed by atoms with Gasteiger partial charge in [-0.15, -0.1) is 0 Å². The molecule has 0 aliphatic rings. The molecule has 0 bridgehead atoms. The SMILES string of the molecule is COc1cccc(CC(=O)c2cccc3cnccc23)c1. The quantitative estimate of drug-likeness (QED) is 0.683. The molecule has 1 aromatic heterocycles. The first-order valence-corrected chi connectivity index (χ1v) is 6.77. The van der Waals surface area contributed by atoms with E-state index in [1.165, 1.54) is 0 Å². The first-order valence-electron chi connectivity index (χ1n) is 6.77. The topological polar surface area (TPSA) is 39.2 Å². The fraction of sp³-hybridized carbons (Fsp3) is 0.111. The summed E-state index contributed by atoms with van der Waals surface area (Å²) in [7, 11) is 1.62. The molecular formula is C18H15NO2. The summed E-state index contributed by atoms with van der Waals surface area (Å²) in [5.74, 6) is 0.863. The van der Waals surface area contributed by atoms with Crippen LogP contribution < -0.4 is 4.74 Å². The van der Waals surface area contributed by atoms with Gasteiger partial charge in [-0.3, -0.25) is 9.78 Å². The number of benzene rings is 2. The van der Waals surface area contributed by atoms with Gasteiger partial charge < -0.3 is 4.74 Å². The highest BCUT2D eigenvalue weighted by atomic mass is 16.5. The highest BCUT2D eigenvalue weighted by molar-refractivity contribution is 6.08. The van der Waals surface area contributed by atoms with Crippen LogP contribution >= 0.6 is 0 Å². The summed E-state index contributed by atoms with van der Waals surface area (Å²) < 4.78 is 5.19. The van der Waals surface area contributed by atoms with Crippen molar-refractivity contribution in [3.8, 4) is 5.75 Å². The molecule has 0 atom stereocenters. The molecule has 3 nitrogen and oxygen atoms in total. The second kappa shape index (κ2) is 5.75. The lowest BCUT2D eigenvalue weighted by Crippen LogP contribution is -2.04. The molecule has 0 aliphatic heterocycles. The third-order valence-corrected chi connectivity index (χ3v) is 3.48. The number of aromatic nitrogens is 1. The van der Waals surface area contributed by atoms with Crippen molar-refractivity contribution >= 4 is 16.6 Å². The van der Waals surface area contributed by atoms with E-state index in [1.54, 1.807) is 19.5 Å². The van der Waals surface area contributed by atoms with Crippen molar-refractivity contribution in [2.45, 2.75) is 6.42 Å². The van der Waals surface area contributed by atoms with Gasteiger partial charge >= 0.3 is 0 Å². The third kappa shape index (κ3) is 2.77. The second-order valence-corrected chi connectivity index (χ2v) is 4.85. The maximum atomic E-state index is 12.6. The number of carbonyl (C=O) groups is 1. The van der Waals surface area contributed by atoms with Crippen molar-refractivity contribution in [1.82, 2.24) is 4.98 Å². The normalized spacial score (nSPS) is 10.5. The lowest BCUT2D eigenvalue weighted by Gasteiger charge is -2.07. The number of hydrogen-bond acceptors (Lipinski definition) is 3. The van der Waals surface area contributed by atoms with Gasteiger partial charge in [0, 0.05) is 29.8 Å². The molecular weight excluding hydrogens is 262 g/mol. The number of carbonyl (C=O) groups excluding carboxylic acids is 1. The maximum absolute atomic E-state index is 12.6. The minimum absolute atomic E-state index is 0.0973. The number of Topliss-reactive ketones (excluding diaryl/α,β-unsaturated/α-hetero) is 1. The van der Waals surface area contributed by atoms with Gasteiger partial charge in [-0.25, -0.2) is 0 Å². The predicted octanol–water partition coefficient (Wildman–Crippen LogP) is 3.67. The van der Waals surface area contributed by atoms with Crippen LogP contribution in [0.15, 0.2) is 60.9 Å². The summed E-state index contributed by atoms with van der Waals surface area (Å²) in [6.07, 6.45) is 3.85. The van der Waals surface area contributed by atoms with Crippen molar-refractivity contribution in [2.75, 3.05) is 7.11 Å². The fourth-order valence-electron chi connectivity index (χ4n) is 2.43. The fourth-order valence-corrected chi connectivity index (χ4v) is 2.43. The minimum Gasteiger partial charge on any atom is -0.497 e. The molecule has 1 heterocycles. The molecule has 2 aromatic carbocycles. The number of hydrogen-bond donors (Lipinski definition) is 0. The second-order valence-electron chi connectivity index (χ2n) is 4.85. The zero-order valence-electron chi connectivity index (χ0n) is 11.7. The maximum Gasteiger partial charge on any atom is 0.167 e. The Morgan fingerprint density at radius 2 is 2.00 bits per heavy atom. The van der Waals surface area contributed by atoms with Crippen molar-refractivity contribution < 1.29 is 9.53 Å². The van der Waals surface area contributed by atoms with Gasteiger partial charge in [0.1, 0.15) is 5.75 Å². The zero-order valence-corrected chi connectivity index (χ0v) is 11.7. The van der Waals surface area contributed by atoms with Crippen LogP contribution in [0.5, 0.6) is 5.75 Å². The Labute approximate surface area is 123 Å². The Morgan fingerprint density at radius 1 is 1.14 bits per heavy atom. The number of methoxy groups -OCH3 is 1. The lowest BCUT2D eigenvalue weighted by atomic mass is 9.98. The molecule has 3 aromatic rings.